The number of nitrogens with one attached hydrogen (secondary N) is 1. The van der Waals surface area contributed by atoms with Gasteiger partial charge < -0.3 is 19.4 Å². The van der Waals surface area contributed by atoms with Crippen LogP contribution in [-0.4, -0.2) is 37.1 Å². The first-order chi connectivity index (χ1) is 18.2. The molecule has 1 saturated heterocycles. The Kier molecular flexibility index (Phi) is 6.19. The predicted octanol–water partition coefficient (Wildman–Crippen LogP) is 5.76. The summed E-state index contributed by atoms with van der Waals surface area (Å²) in [5, 5.41) is 3.31. The molecule has 1 unspecified atom stereocenters. The van der Waals surface area contributed by atoms with Crippen molar-refractivity contribution in [2.45, 2.75) is 44.8 Å². The van der Waals surface area contributed by atoms with Crippen LogP contribution in [0.15, 0.2) is 51.7 Å². The van der Waals surface area contributed by atoms with Crippen LogP contribution in [0.3, 0.4) is 0 Å². The second-order valence-electron chi connectivity index (χ2n) is 10.3. The van der Waals surface area contributed by atoms with Crippen molar-refractivity contribution in [3.8, 4) is 0 Å². The number of aryl methyl sites for hydroxylation is 1. The first-order valence-electron chi connectivity index (χ1n) is 12.1. The number of anilines is 2. The number of esters is 2. The maximum absolute atomic E-state index is 13.4. The van der Waals surface area contributed by atoms with Crippen LogP contribution in [0.5, 0.6) is 0 Å². The number of carbonyl (C=O) groups excluding carboxylic acids is 2. The summed E-state index contributed by atoms with van der Waals surface area (Å²) in [4.78, 5) is 38.2. The summed E-state index contributed by atoms with van der Waals surface area (Å²) in [5.74, 6) is -6.53. The molecule has 12 heteroatoms. The van der Waals surface area contributed by atoms with Crippen molar-refractivity contribution >= 4 is 34.5 Å². The molecule has 206 valence electrons. The average Bonchev–Trinajstić information content (AvgIpc) is 2.80. The molecule has 1 atom stereocenters. The van der Waals surface area contributed by atoms with E-state index in [9.17, 15) is 36.3 Å². The van der Waals surface area contributed by atoms with Crippen molar-refractivity contribution in [2.75, 3.05) is 23.3 Å². The minimum absolute atomic E-state index is 0.0914. The quantitative estimate of drug-likeness (QED) is 0.246. The molecule has 2 aliphatic rings. The predicted molar refractivity (Wildman–Crippen MR) is 131 cm³/mol. The van der Waals surface area contributed by atoms with Gasteiger partial charge >= 0.3 is 18.1 Å². The molecule has 2 aromatic carbocycles. The molecule has 1 aliphatic carbocycles. The minimum atomic E-state index is -5.34. The van der Waals surface area contributed by atoms with Gasteiger partial charge in [-0.1, -0.05) is 18.2 Å². The van der Waals surface area contributed by atoms with Gasteiger partial charge in [0, 0.05) is 48.7 Å². The lowest BCUT2D eigenvalue weighted by atomic mass is 9.61. The highest BCUT2D eigenvalue weighted by Gasteiger charge is 2.62. The van der Waals surface area contributed by atoms with Crippen molar-refractivity contribution in [1.29, 1.82) is 0 Å². The van der Waals surface area contributed by atoms with Gasteiger partial charge in [0.05, 0.1) is 17.0 Å². The SMILES string of the molecule is Cc1cc(C(C)Nc2ccccc2C(=O)OC(=O)C(F)(F)F)c2oc(N3CC4(C3)CC(F)(F)C4)cc(=O)c2c1. The van der Waals surface area contributed by atoms with Crippen molar-refractivity contribution < 1.29 is 40.7 Å². The number of benzene rings is 2. The molecular formula is C27H23F5N2O5. The maximum atomic E-state index is 13.4. The Bertz CT molecular complexity index is 1530. The Morgan fingerprint density at radius 3 is 2.41 bits per heavy atom. The standard InChI is InChI=1S/C27H23F5N2O5/c1-14-7-17(15(2)33-19-6-4-3-5-16(19)23(36)39-24(37)27(30,31)32)22-18(8-14)20(35)9-21(38-22)34-12-25(13-34)10-26(28,29)11-25/h3-9,15,33H,10-13H2,1-2H3. The van der Waals surface area contributed by atoms with Crippen molar-refractivity contribution in [2.24, 2.45) is 5.41 Å². The van der Waals surface area contributed by atoms with Crippen molar-refractivity contribution in [3.05, 3.63) is 69.4 Å². The highest BCUT2D eigenvalue weighted by atomic mass is 19.4. The van der Waals surface area contributed by atoms with Crippen LogP contribution in [0.1, 0.15) is 47.3 Å². The third-order valence-corrected chi connectivity index (χ3v) is 7.02. The van der Waals surface area contributed by atoms with Crippen LogP contribution in [0.4, 0.5) is 33.5 Å². The molecule has 0 radical (unpaired) electrons. The molecule has 1 aliphatic heterocycles. The second kappa shape index (κ2) is 9.06. The summed E-state index contributed by atoms with van der Waals surface area (Å²) in [6.07, 6.45) is -5.73. The highest BCUT2D eigenvalue weighted by Crippen LogP contribution is 2.57. The fourth-order valence-electron chi connectivity index (χ4n) is 5.38. The van der Waals surface area contributed by atoms with Gasteiger partial charge in [-0.3, -0.25) is 4.79 Å². The first kappa shape index (κ1) is 26.6. The Morgan fingerprint density at radius 1 is 1.10 bits per heavy atom. The highest BCUT2D eigenvalue weighted by molar-refractivity contribution is 6.02. The van der Waals surface area contributed by atoms with Crippen molar-refractivity contribution in [1.82, 2.24) is 0 Å². The Morgan fingerprint density at radius 2 is 1.77 bits per heavy atom. The van der Waals surface area contributed by atoms with E-state index >= 15 is 0 Å². The van der Waals surface area contributed by atoms with Gasteiger partial charge in [-0.2, -0.15) is 13.2 Å². The van der Waals surface area contributed by atoms with E-state index in [1.165, 1.54) is 30.3 Å². The van der Waals surface area contributed by atoms with Gasteiger partial charge in [0.2, 0.25) is 5.92 Å². The molecule has 0 amide bonds. The van der Waals surface area contributed by atoms with Gasteiger partial charge in [-0.25, -0.2) is 18.4 Å². The number of fused-ring (bicyclic) bond motifs is 1. The van der Waals surface area contributed by atoms with E-state index < -0.39 is 35.5 Å². The maximum Gasteiger partial charge on any atom is 0.491 e. The van der Waals surface area contributed by atoms with E-state index in [0.29, 0.717) is 18.7 Å². The average molecular weight is 550 g/mol. The molecule has 3 aromatic rings. The molecule has 0 bridgehead atoms. The number of halogens is 5. The number of nitrogens with zero attached hydrogens (tertiary/aromatic N) is 1. The molecule has 1 saturated carbocycles. The minimum Gasteiger partial charge on any atom is -0.440 e. The van der Waals surface area contributed by atoms with Crippen LogP contribution in [0.2, 0.25) is 0 Å². The molecule has 1 aromatic heterocycles. The zero-order chi connectivity index (χ0) is 28.3. The number of alkyl halides is 5. The largest absolute Gasteiger partial charge is 0.491 e. The third kappa shape index (κ3) is 5.07. The molecule has 1 N–H and O–H groups in total. The number of rotatable bonds is 5. The van der Waals surface area contributed by atoms with E-state index in [0.717, 1.165) is 5.56 Å². The fourth-order valence-corrected chi connectivity index (χ4v) is 5.38. The molecule has 39 heavy (non-hydrogen) atoms. The summed E-state index contributed by atoms with van der Waals surface area (Å²) in [7, 11) is 0. The zero-order valence-corrected chi connectivity index (χ0v) is 20.8. The number of para-hydroxylation sites is 1. The fraction of sp³-hybridized carbons (Fsp3) is 0.370. The summed E-state index contributed by atoms with van der Waals surface area (Å²) in [5.41, 5.74) is 0.484. The molecule has 7 nitrogen and oxygen atoms in total. The monoisotopic (exact) mass is 550 g/mol. The summed E-state index contributed by atoms with van der Waals surface area (Å²) in [6.45, 7) is 4.16. The lowest BCUT2D eigenvalue weighted by molar-refractivity contribution is -0.193. The second-order valence-corrected chi connectivity index (χ2v) is 10.3. The van der Waals surface area contributed by atoms with E-state index in [2.05, 4.69) is 10.1 Å². The van der Waals surface area contributed by atoms with E-state index in [1.807, 2.05) is 0 Å². The first-order valence-corrected chi connectivity index (χ1v) is 12.1. The van der Waals surface area contributed by atoms with Gasteiger partial charge in [-0.15, -0.1) is 0 Å². The van der Waals surface area contributed by atoms with Crippen LogP contribution < -0.4 is 15.6 Å². The van der Waals surface area contributed by atoms with E-state index in [-0.39, 0.29) is 46.4 Å². The number of hydrogen-bond donors (Lipinski definition) is 1. The molecule has 2 fully saturated rings. The van der Waals surface area contributed by atoms with Gasteiger partial charge in [-0.05, 0) is 37.6 Å². The normalized spacial score (nSPS) is 18.3. The Balaban J connectivity index is 1.43. The van der Waals surface area contributed by atoms with E-state index in [4.69, 9.17) is 4.42 Å². The molecule has 5 rings (SSSR count). The van der Waals surface area contributed by atoms with Crippen LogP contribution in [0, 0.1) is 12.3 Å². The van der Waals surface area contributed by atoms with Gasteiger partial charge in [0.25, 0.3) is 0 Å². The number of carbonyl (C=O) groups is 2. The molecular weight excluding hydrogens is 527 g/mol. The van der Waals surface area contributed by atoms with Crippen LogP contribution >= 0.6 is 0 Å². The smallest absolute Gasteiger partial charge is 0.440 e. The van der Waals surface area contributed by atoms with Crippen LogP contribution in [0.25, 0.3) is 11.0 Å². The molecule has 2 heterocycles. The molecule has 1 spiro atoms. The topological polar surface area (TPSA) is 88.8 Å². The lowest BCUT2D eigenvalue weighted by Crippen LogP contribution is -2.66. The Labute approximate surface area is 218 Å². The van der Waals surface area contributed by atoms with Crippen molar-refractivity contribution in [3.63, 3.8) is 0 Å². The summed E-state index contributed by atoms with van der Waals surface area (Å²) >= 11 is 0. The van der Waals surface area contributed by atoms with Gasteiger partial charge in [0.1, 0.15) is 5.58 Å². The zero-order valence-electron chi connectivity index (χ0n) is 20.8. The van der Waals surface area contributed by atoms with Crippen LogP contribution in [-0.2, 0) is 9.53 Å². The van der Waals surface area contributed by atoms with Gasteiger partial charge in [0.15, 0.2) is 11.3 Å². The summed E-state index contributed by atoms with van der Waals surface area (Å²) < 4.78 is 74.7. The van der Waals surface area contributed by atoms with E-state index in [1.54, 1.807) is 30.9 Å². The number of ether oxygens (including phenoxy) is 1. The lowest BCUT2D eigenvalue weighted by Gasteiger charge is -2.58. The number of hydrogen-bond acceptors (Lipinski definition) is 7. The summed E-state index contributed by atoms with van der Waals surface area (Å²) in [6, 6.07) is 9.67. The Hall–Kier alpha value is -3.96. The third-order valence-electron chi connectivity index (χ3n) is 7.02.